The van der Waals surface area contributed by atoms with Crippen LogP contribution in [-0.4, -0.2) is 60.1 Å². The van der Waals surface area contributed by atoms with Crippen LogP contribution in [0, 0.1) is 12.8 Å². The lowest BCUT2D eigenvalue weighted by molar-refractivity contribution is -0.134. The summed E-state index contributed by atoms with van der Waals surface area (Å²) in [7, 11) is 0. The molecule has 1 N–H and O–H groups in total. The van der Waals surface area contributed by atoms with Crippen LogP contribution >= 0.6 is 11.3 Å². The van der Waals surface area contributed by atoms with Gasteiger partial charge in [0.25, 0.3) is 0 Å². The first kappa shape index (κ1) is 14.0. The number of carbonyl (C=O) groups excluding carboxylic acids is 1. The lowest BCUT2D eigenvalue weighted by atomic mass is 10.2. The highest BCUT2D eigenvalue weighted by Gasteiger charge is 2.46. The van der Waals surface area contributed by atoms with E-state index in [4.69, 9.17) is 5.11 Å². The summed E-state index contributed by atoms with van der Waals surface area (Å²) in [5.74, 6) is 1.03. The normalized spacial score (nSPS) is 26.8. The zero-order valence-electron chi connectivity index (χ0n) is 11.9. The minimum Gasteiger partial charge on any atom is -0.395 e. The van der Waals surface area contributed by atoms with Crippen molar-refractivity contribution in [1.29, 1.82) is 0 Å². The molecule has 0 aromatic carbocycles. The van der Waals surface area contributed by atoms with E-state index in [-0.39, 0.29) is 12.5 Å². The van der Waals surface area contributed by atoms with Gasteiger partial charge in [-0.15, -0.1) is 11.3 Å². The summed E-state index contributed by atoms with van der Waals surface area (Å²) in [5, 5.41) is 8.93. The number of amides is 1. The molecule has 20 heavy (non-hydrogen) atoms. The molecular formula is C15H22N2O2S. The van der Waals surface area contributed by atoms with Gasteiger partial charge in [-0.25, -0.2) is 0 Å². The van der Waals surface area contributed by atoms with Crippen molar-refractivity contribution < 1.29 is 9.90 Å². The second kappa shape index (κ2) is 5.84. The van der Waals surface area contributed by atoms with Crippen molar-refractivity contribution in [2.45, 2.75) is 19.3 Å². The summed E-state index contributed by atoms with van der Waals surface area (Å²) in [6.45, 7) is 6.45. The number of β-amino-alcohol motifs (C(OH)–C–C–N with tert-alkyl or cyclic N) is 1. The fourth-order valence-corrected chi connectivity index (χ4v) is 4.06. The number of carbonyl (C=O) groups is 1. The maximum atomic E-state index is 12.5. The van der Waals surface area contributed by atoms with Crippen LogP contribution in [0.1, 0.15) is 22.1 Å². The van der Waals surface area contributed by atoms with Gasteiger partial charge in [0.1, 0.15) is 0 Å². The fraction of sp³-hybridized carbons (Fsp3) is 0.667. The first-order valence-corrected chi connectivity index (χ1v) is 8.19. The highest BCUT2D eigenvalue weighted by molar-refractivity contribution is 7.12. The molecule has 1 aromatic heterocycles. The van der Waals surface area contributed by atoms with Gasteiger partial charge in [0.05, 0.1) is 6.61 Å². The summed E-state index contributed by atoms with van der Waals surface area (Å²) in [5.41, 5.74) is 0. The van der Waals surface area contributed by atoms with Crippen molar-refractivity contribution in [2.24, 2.45) is 5.92 Å². The van der Waals surface area contributed by atoms with Crippen LogP contribution in [0.2, 0.25) is 0 Å². The third kappa shape index (κ3) is 2.90. The zero-order chi connectivity index (χ0) is 14.1. The Morgan fingerprint density at radius 1 is 1.35 bits per heavy atom. The van der Waals surface area contributed by atoms with Crippen LogP contribution in [0.25, 0.3) is 0 Å². The van der Waals surface area contributed by atoms with E-state index in [2.05, 4.69) is 24.0 Å². The van der Waals surface area contributed by atoms with E-state index < -0.39 is 0 Å². The highest BCUT2D eigenvalue weighted by Crippen LogP contribution is 2.50. The molecule has 1 aliphatic carbocycles. The Balaban J connectivity index is 1.51. The first-order chi connectivity index (χ1) is 9.69. The third-order valence-corrected chi connectivity index (χ3v) is 5.47. The second-order valence-corrected chi connectivity index (χ2v) is 7.11. The van der Waals surface area contributed by atoms with Crippen molar-refractivity contribution >= 4 is 17.2 Å². The average molecular weight is 294 g/mol. The molecule has 1 aliphatic heterocycles. The molecule has 2 aliphatic rings. The molecule has 2 fully saturated rings. The molecule has 5 heteroatoms. The molecule has 0 spiro atoms. The molecule has 2 atom stereocenters. The van der Waals surface area contributed by atoms with Gasteiger partial charge < -0.3 is 10.0 Å². The molecule has 0 unspecified atom stereocenters. The third-order valence-electron chi connectivity index (χ3n) is 4.33. The van der Waals surface area contributed by atoms with Gasteiger partial charge in [-0.1, -0.05) is 0 Å². The van der Waals surface area contributed by atoms with E-state index in [9.17, 15) is 4.79 Å². The van der Waals surface area contributed by atoms with Crippen molar-refractivity contribution in [3.63, 3.8) is 0 Å². The van der Waals surface area contributed by atoms with E-state index in [1.54, 1.807) is 0 Å². The Hall–Kier alpha value is -0.910. The molecule has 0 bridgehead atoms. The summed E-state index contributed by atoms with van der Waals surface area (Å²) in [6.07, 6.45) is 1.02. The number of aryl methyl sites for hydroxylation is 1. The smallest absolute Gasteiger partial charge is 0.226 e. The van der Waals surface area contributed by atoms with Crippen molar-refractivity contribution in [1.82, 2.24) is 9.80 Å². The van der Waals surface area contributed by atoms with Crippen LogP contribution < -0.4 is 0 Å². The van der Waals surface area contributed by atoms with E-state index in [0.29, 0.717) is 11.8 Å². The maximum absolute atomic E-state index is 12.5. The highest BCUT2D eigenvalue weighted by atomic mass is 32.1. The van der Waals surface area contributed by atoms with E-state index in [1.165, 1.54) is 9.75 Å². The Labute approximate surface area is 124 Å². The Kier molecular flexibility index (Phi) is 4.10. The van der Waals surface area contributed by atoms with Crippen molar-refractivity contribution in [3.8, 4) is 0 Å². The van der Waals surface area contributed by atoms with Crippen LogP contribution in [-0.2, 0) is 4.79 Å². The molecule has 110 valence electrons. The Morgan fingerprint density at radius 3 is 2.70 bits per heavy atom. The van der Waals surface area contributed by atoms with Gasteiger partial charge in [-0.2, -0.15) is 0 Å². The van der Waals surface area contributed by atoms with Crippen molar-refractivity contribution in [3.05, 3.63) is 21.9 Å². The molecule has 4 nitrogen and oxygen atoms in total. The molecule has 3 rings (SSSR count). The summed E-state index contributed by atoms with van der Waals surface area (Å²) < 4.78 is 0. The van der Waals surface area contributed by atoms with Gasteiger partial charge >= 0.3 is 0 Å². The molecule has 1 amide bonds. The van der Waals surface area contributed by atoms with Gasteiger partial charge in [0.2, 0.25) is 5.91 Å². The lowest BCUT2D eigenvalue weighted by Crippen LogP contribution is -2.49. The first-order valence-electron chi connectivity index (χ1n) is 7.37. The number of nitrogens with zero attached hydrogens (tertiary/aromatic N) is 2. The van der Waals surface area contributed by atoms with E-state index >= 15 is 0 Å². The number of thiophene rings is 1. The van der Waals surface area contributed by atoms with Gasteiger partial charge in [-0.05, 0) is 25.5 Å². The monoisotopic (exact) mass is 294 g/mol. The Bertz CT molecular complexity index is 480. The standard InChI is InChI=1S/C15H22N2O2S/c1-11-2-3-14(20-11)12-10-13(12)15(19)17-6-4-16(5-7-17)8-9-18/h2-3,12-13,18H,4-10H2,1H3/t12-,13-/m0/s1. The molecule has 0 radical (unpaired) electrons. The largest absolute Gasteiger partial charge is 0.395 e. The average Bonchev–Trinajstić information content (AvgIpc) is 3.14. The number of aliphatic hydroxyl groups excluding tert-OH is 1. The number of hydrogen-bond acceptors (Lipinski definition) is 4. The van der Waals surface area contributed by atoms with Gasteiger partial charge in [0, 0.05) is 54.3 Å². The van der Waals surface area contributed by atoms with Gasteiger partial charge in [-0.3, -0.25) is 9.69 Å². The summed E-state index contributed by atoms with van der Waals surface area (Å²) in [4.78, 5) is 19.4. The summed E-state index contributed by atoms with van der Waals surface area (Å²) in [6, 6.07) is 4.32. The van der Waals surface area contributed by atoms with E-state index in [0.717, 1.165) is 39.1 Å². The van der Waals surface area contributed by atoms with Gasteiger partial charge in [0.15, 0.2) is 0 Å². The van der Waals surface area contributed by atoms with Crippen molar-refractivity contribution in [2.75, 3.05) is 39.3 Å². The predicted molar refractivity (Wildman–Crippen MR) is 80.0 cm³/mol. The van der Waals surface area contributed by atoms with Crippen LogP contribution in [0.3, 0.4) is 0 Å². The number of rotatable bonds is 4. The minimum atomic E-state index is 0.205. The minimum absolute atomic E-state index is 0.205. The number of hydrogen-bond donors (Lipinski definition) is 1. The van der Waals surface area contributed by atoms with Crippen LogP contribution in [0.5, 0.6) is 0 Å². The fourth-order valence-electron chi connectivity index (χ4n) is 3.00. The summed E-state index contributed by atoms with van der Waals surface area (Å²) >= 11 is 1.83. The SMILES string of the molecule is Cc1ccc([C@H]2C[C@@H]2C(=O)N2CCN(CCO)CC2)s1. The number of piperazine rings is 1. The maximum Gasteiger partial charge on any atom is 0.226 e. The molecule has 1 saturated heterocycles. The molecule has 1 aromatic rings. The molecule has 2 heterocycles. The number of aliphatic hydroxyl groups is 1. The Morgan fingerprint density at radius 2 is 2.10 bits per heavy atom. The molecule has 1 saturated carbocycles. The predicted octanol–water partition coefficient (Wildman–Crippen LogP) is 1.30. The van der Waals surface area contributed by atoms with Crippen LogP contribution in [0.4, 0.5) is 0 Å². The van der Waals surface area contributed by atoms with Crippen LogP contribution in [0.15, 0.2) is 12.1 Å². The molecular weight excluding hydrogens is 272 g/mol. The second-order valence-electron chi connectivity index (χ2n) is 5.79. The lowest BCUT2D eigenvalue weighted by Gasteiger charge is -2.34. The van der Waals surface area contributed by atoms with E-state index in [1.807, 2.05) is 16.2 Å². The topological polar surface area (TPSA) is 43.8 Å². The quantitative estimate of drug-likeness (QED) is 0.910. The zero-order valence-corrected chi connectivity index (χ0v) is 12.7.